The molecule has 1 aromatic carbocycles. The predicted molar refractivity (Wildman–Crippen MR) is 84.7 cm³/mol. The van der Waals surface area contributed by atoms with Crippen molar-refractivity contribution >= 4 is 0 Å². The first-order valence-corrected chi connectivity index (χ1v) is 7.36. The van der Waals surface area contributed by atoms with Crippen LogP contribution in [0, 0.1) is 0 Å². The standard InChI is InChI=1S/C17H25N3/c1-5-10-18-12-16-19-11-15(20-16)13-6-8-14(9-7-13)17(2,3)4/h6-9,11,18H,5,10,12H2,1-4H3,(H,19,20). The first kappa shape index (κ1) is 14.8. The molecule has 0 aliphatic rings. The molecular weight excluding hydrogens is 246 g/mol. The molecule has 3 nitrogen and oxygen atoms in total. The zero-order valence-corrected chi connectivity index (χ0v) is 13.0. The molecule has 0 bridgehead atoms. The van der Waals surface area contributed by atoms with Gasteiger partial charge in [0, 0.05) is 0 Å². The lowest BCUT2D eigenvalue weighted by Gasteiger charge is -2.18. The van der Waals surface area contributed by atoms with Gasteiger partial charge in [-0.05, 0) is 29.5 Å². The highest BCUT2D eigenvalue weighted by Gasteiger charge is 2.13. The number of H-pyrrole nitrogens is 1. The Labute approximate surface area is 121 Å². The second-order valence-corrected chi connectivity index (χ2v) is 6.25. The van der Waals surface area contributed by atoms with Gasteiger partial charge >= 0.3 is 0 Å². The highest BCUT2D eigenvalue weighted by molar-refractivity contribution is 5.59. The number of aromatic nitrogens is 2. The van der Waals surface area contributed by atoms with E-state index < -0.39 is 0 Å². The lowest BCUT2D eigenvalue weighted by molar-refractivity contribution is 0.590. The maximum atomic E-state index is 4.42. The second kappa shape index (κ2) is 6.23. The lowest BCUT2D eigenvalue weighted by Crippen LogP contribution is -2.14. The summed E-state index contributed by atoms with van der Waals surface area (Å²) in [6.45, 7) is 10.7. The van der Waals surface area contributed by atoms with E-state index in [9.17, 15) is 0 Å². The lowest BCUT2D eigenvalue weighted by atomic mass is 9.86. The Balaban J connectivity index is 2.08. The third-order valence-corrected chi connectivity index (χ3v) is 3.41. The van der Waals surface area contributed by atoms with Gasteiger partial charge in [-0.3, -0.25) is 0 Å². The first-order valence-electron chi connectivity index (χ1n) is 7.36. The molecule has 0 saturated carbocycles. The van der Waals surface area contributed by atoms with Crippen LogP contribution in [-0.4, -0.2) is 16.5 Å². The number of nitrogens with one attached hydrogen (secondary N) is 2. The fourth-order valence-corrected chi connectivity index (χ4v) is 2.13. The van der Waals surface area contributed by atoms with Gasteiger partial charge in [0.05, 0.1) is 18.4 Å². The average molecular weight is 271 g/mol. The van der Waals surface area contributed by atoms with E-state index in [2.05, 4.69) is 67.2 Å². The number of imidazole rings is 1. The van der Waals surface area contributed by atoms with Gasteiger partial charge in [0.1, 0.15) is 5.82 Å². The number of rotatable bonds is 5. The number of hydrogen-bond acceptors (Lipinski definition) is 2. The van der Waals surface area contributed by atoms with Gasteiger partial charge in [-0.15, -0.1) is 0 Å². The van der Waals surface area contributed by atoms with Gasteiger partial charge in [0.2, 0.25) is 0 Å². The molecule has 2 N–H and O–H groups in total. The Bertz CT molecular complexity index is 532. The molecule has 0 fully saturated rings. The summed E-state index contributed by atoms with van der Waals surface area (Å²) in [5, 5.41) is 3.35. The Kier molecular flexibility index (Phi) is 4.61. The molecule has 0 aliphatic carbocycles. The molecule has 1 heterocycles. The molecule has 2 aromatic rings. The Hall–Kier alpha value is -1.61. The van der Waals surface area contributed by atoms with Crippen molar-refractivity contribution in [3.63, 3.8) is 0 Å². The summed E-state index contributed by atoms with van der Waals surface area (Å²) >= 11 is 0. The van der Waals surface area contributed by atoms with E-state index in [1.165, 1.54) is 11.1 Å². The van der Waals surface area contributed by atoms with Crippen LogP contribution in [0.25, 0.3) is 11.3 Å². The van der Waals surface area contributed by atoms with E-state index in [-0.39, 0.29) is 5.41 Å². The van der Waals surface area contributed by atoms with E-state index in [0.717, 1.165) is 31.0 Å². The molecule has 2 rings (SSSR count). The zero-order chi connectivity index (χ0) is 14.6. The van der Waals surface area contributed by atoms with Crippen molar-refractivity contribution in [1.29, 1.82) is 0 Å². The van der Waals surface area contributed by atoms with Gasteiger partial charge in [-0.25, -0.2) is 4.98 Å². The number of hydrogen-bond donors (Lipinski definition) is 2. The Morgan fingerprint density at radius 2 is 1.85 bits per heavy atom. The molecule has 0 saturated heterocycles. The average Bonchev–Trinajstić information content (AvgIpc) is 2.87. The van der Waals surface area contributed by atoms with Crippen molar-refractivity contribution in [2.75, 3.05) is 6.54 Å². The molecule has 1 aromatic heterocycles. The monoisotopic (exact) mass is 271 g/mol. The molecule has 0 atom stereocenters. The minimum Gasteiger partial charge on any atom is -0.341 e. The minimum atomic E-state index is 0.196. The van der Waals surface area contributed by atoms with Crippen molar-refractivity contribution < 1.29 is 0 Å². The molecular formula is C17H25N3. The van der Waals surface area contributed by atoms with Gasteiger partial charge in [-0.1, -0.05) is 52.0 Å². The van der Waals surface area contributed by atoms with Crippen LogP contribution in [0.3, 0.4) is 0 Å². The molecule has 0 amide bonds. The van der Waals surface area contributed by atoms with E-state index in [4.69, 9.17) is 0 Å². The highest BCUT2D eigenvalue weighted by Crippen LogP contribution is 2.25. The van der Waals surface area contributed by atoms with Gasteiger partial charge in [0.15, 0.2) is 0 Å². The maximum Gasteiger partial charge on any atom is 0.120 e. The summed E-state index contributed by atoms with van der Waals surface area (Å²) in [5.41, 5.74) is 3.82. The van der Waals surface area contributed by atoms with E-state index in [1.54, 1.807) is 0 Å². The van der Waals surface area contributed by atoms with E-state index in [0.29, 0.717) is 0 Å². The maximum absolute atomic E-state index is 4.42. The number of nitrogens with zero attached hydrogens (tertiary/aromatic N) is 1. The molecule has 0 aliphatic heterocycles. The van der Waals surface area contributed by atoms with Crippen LogP contribution in [0.1, 0.15) is 45.5 Å². The van der Waals surface area contributed by atoms with E-state index >= 15 is 0 Å². The van der Waals surface area contributed by atoms with Crippen LogP contribution in [0.2, 0.25) is 0 Å². The van der Waals surface area contributed by atoms with Crippen LogP contribution >= 0.6 is 0 Å². The van der Waals surface area contributed by atoms with Crippen LogP contribution in [-0.2, 0) is 12.0 Å². The van der Waals surface area contributed by atoms with Crippen LogP contribution in [0.5, 0.6) is 0 Å². The second-order valence-electron chi connectivity index (χ2n) is 6.25. The summed E-state index contributed by atoms with van der Waals surface area (Å²) in [6.07, 6.45) is 3.05. The van der Waals surface area contributed by atoms with Crippen molar-refractivity contribution in [3.8, 4) is 11.3 Å². The molecule has 0 spiro atoms. The Morgan fingerprint density at radius 1 is 1.15 bits per heavy atom. The van der Waals surface area contributed by atoms with Crippen LogP contribution in [0.15, 0.2) is 30.5 Å². The summed E-state index contributed by atoms with van der Waals surface area (Å²) in [7, 11) is 0. The summed E-state index contributed by atoms with van der Waals surface area (Å²) in [4.78, 5) is 7.79. The van der Waals surface area contributed by atoms with E-state index in [1.807, 2.05) is 6.20 Å². The van der Waals surface area contributed by atoms with Crippen molar-refractivity contribution in [2.24, 2.45) is 0 Å². The molecule has 20 heavy (non-hydrogen) atoms. The SMILES string of the molecule is CCCNCc1ncc(-c2ccc(C(C)(C)C)cc2)[nH]1. The summed E-state index contributed by atoms with van der Waals surface area (Å²) in [6, 6.07) is 8.73. The van der Waals surface area contributed by atoms with Crippen LogP contribution < -0.4 is 5.32 Å². The number of aromatic amines is 1. The molecule has 108 valence electrons. The van der Waals surface area contributed by atoms with Gasteiger partial charge in [0.25, 0.3) is 0 Å². The quantitative estimate of drug-likeness (QED) is 0.810. The van der Waals surface area contributed by atoms with Crippen molar-refractivity contribution in [2.45, 2.75) is 46.1 Å². The normalized spacial score (nSPS) is 11.8. The fourth-order valence-electron chi connectivity index (χ4n) is 2.13. The highest BCUT2D eigenvalue weighted by atomic mass is 15.0. The molecule has 0 radical (unpaired) electrons. The minimum absolute atomic E-state index is 0.196. The predicted octanol–water partition coefficient (Wildman–Crippen LogP) is 3.87. The largest absolute Gasteiger partial charge is 0.341 e. The zero-order valence-electron chi connectivity index (χ0n) is 13.0. The third kappa shape index (κ3) is 3.70. The fraction of sp³-hybridized carbons (Fsp3) is 0.471. The summed E-state index contributed by atoms with van der Waals surface area (Å²) < 4.78 is 0. The van der Waals surface area contributed by atoms with Crippen molar-refractivity contribution in [1.82, 2.24) is 15.3 Å². The first-order chi connectivity index (χ1) is 9.50. The van der Waals surface area contributed by atoms with Gasteiger partial charge < -0.3 is 10.3 Å². The molecule has 0 unspecified atom stereocenters. The molecule has 3 heteroatoms. The number of benzene rings is 1. The smallest absolute Gasteiger partial charge is 0.120 e. The summed E-state index contributed by atoms with van der Waals surface area (Å²) in [5.74, 6) is 0.994. The third-order valence-electron chi connectivity index (χ3n) is 3.41. The Morgan fingerprint density at radius 3 is 2.45 bits per heavy atom. The topological polar surface area (TPSA) is 40.7 Å². The van der Waals surface area contributed by atoms with Gasteiger partial charge in [-0.2, -0.15) is 0 Å². The van der Waals surface area contributed by atoms with Crippen LogP contribution in [0.4, 0.5) is 0 Å². The van der Waals surface area contributed by atoms with Crippen molar-refractivity contribution in [3.05, 3.63) is 41.9 Å².